The molecule has 0 fully saturated rings. The van der Waals surface area contributed by atoms with Gasteiger partial charge in [-0.25, -0.2) is 0 Å². The van der Waals surface area contributed by atoms with Crippen molar-refractivity contribution in [1.82, 2.24) is 9.88 Å². The lowest BCUT2D eigenvalue weighted by molar-refractivity contribution is -0.139. The molecular formula is C14H19N3O5. The summed E-state index contributed by atoms with van der Waals surface area (Å²) >= 11 is 0. The Balaban J connectivity index is 3.03. The second kappa shape index (κ2) is 7.39. The maximum Gasteiger partial charge on any atom is 0.305 e. The van der Waals surface area contributed by atoms with E-state index >= 15 is 0 Å². The third kappa shape index (κ3) is 3.94. The molecular weight excluding hydrogens is 290 g/mol. The molecule has 1 aromatic heterocycles. The van der Waals surface area contributed by atoms with Crippen LogP contribution in [-0.4, -0.2) is 40.9 Å². The third-order valence-electron chi connectivity index (χ3n) is 3.24. The van der Waals surface area contributed by atoms with Crippen LogP contribution < -0.4 is 16.2 Å². The van der Waals surface area contributed by atoms with Crippen molar-refractivity contribution in [2.24, 2.45) is 0 Å². The molecule has 0 aliphatic carbocycles. The molecule has 120 valence electrons. The molecule has 1 unspecified atom stereocenters. The summed E-state index contributed by atoms with van der Waals surface area (Å²) in [4.78, 5) is 45.8. The number of carbonyl (C=O) groups is 3. The van der Waals surface area contributed by atoms with Gasteiger partial charge in [0.2, 0.25) is 5.91 Å². The van der Waals surface area contributed by atoms with Crippen LogP contribution in [0.1, 0.15) is 25.1 Å². The topological polar surface area (TPSA) is 118 Å². The van der Waals surface area contributed by atoms with Crippen LogP contribution in [0.15, 0.2) is 16.9 Å². The summed E-state index contributed by atoms with van der Waals surface area (Å²) in [6.07, 6.45) is -0.148. The largest absolute Gasteiger partial charge is 0.481 e. The minimum absolute atomic E-state index is 0.336. The number of nitrogens with zero attached hydrogens (tertiary/aromatic N) is 1. The van der Waals surface area contributed by atoms with Gasteiger partial charge in [-0.15, -0.1) is 0 Å². The Labute approximate surface area is 127 Å². The minimum atomic E-state index is -1.20. The van der Waals surface area contributed by atoms with Gasteiger partial charge in [0.25, 0.3) is 5.56 Å². The van der Waals surface area contributed by atoms with Gasteiger partial charge >= 0.3 is 5.97 Å². The molecule has 2 atom stereocenters. The number of aromatic nitrogens is 1. The van der Waals surface area contributed by atoms with Gasteiger partial charge < -0.3 is 20.5 Å². The Bertz CT molecular complexity index is 638. The van der Waals surface area contributed by atoms with Crippen molar-refractivity contribution in [3.05, 3.63) is 28.2 Å². The van der Waals surface area contributed by atoms with Crippen molar-refractivity contribution in [3.8, 4) is 0 Å². The number of carboxylic acids is 1. The number of carbonyl (C=O) groups excluding carboxylic acids is 2. The van der Waals surface area contributed by atoms with Crippen molar-refractivity contribution in [2.75, 3.05) is 12.4 Å². The molecule has 1 rings (SSSR count). The average molecular weight is 309 g/mol. The molecule has 0 saturated carbocycles. The van der Waals surface area contributed by atoms with Crippen LogP contribution in [0.2, 0.25) is 0 Å². The Hall–Kier alpha value is -2.64. The van der Waals surface area contributed by atoms with E-state index in [1.54, 1.807) is 26.1 Å². The van der Waals surface area contributed by atoms with Crippen LogP contribution in [0.4, 0.5) is 5.69 Å². The number of hydrogen-bond donors (Lipinski definition) is 3. The lowest BCUT2D eigenvalue weighted by Crippen LogP contribution is -2.43. The summed E-state index contributed by atoms with van der Waals surface area (Å²) in [5.41, 5.74) is 0.543. The van der Waals surface area contributed by atoms with E-state index in [2.05, 4.69) is 10.6 Å². The molecule has 0 radical (unpaired) electrons. The first-order valence-corrected chi connectivity index (χ1v) is 6.69. The molecule has 1 heterocycles. The van der Waals surface area contributed by atoms with Crippen LogP contribution in [0.3, 0.4) is 0 Å². The summed E-state index contributed by atoms with van der Waals surface area (Å²) < 4.78 is 1.28. The van der Waals surface area contributed by atoms with E-state index in [-0.39, 0.29) is 5.56 Å². The first-order valence-electron chi connectivity index (χ1n) is 6.69. The highest BCUT2D eigenvalue weighted by atomic mass is 16.4. The Morgan fingerprint density at radius 3 is 2.55 bits per heavy atom. The predicted molar refractivity (Wildman–Crippen MR) is 79.9 cm³/mol. The van der Waals surface area contributed by atoms with Crippen molar-refractivity contribution >= 4 is 23.9 Å². The first-order chi connectivity index (χ1) is 10.3. The maximum atomic E-state index is 12.3. The van der Waals surface area contributed by atoms with E-state index in [1.165, 1.54) is 11.5 Å². The Kier molecular flexibility index (Phi) is 5.85. The summed E-state index contributed by atoms with van der Waals surface area (Å²) in [7, 11) is 1.59. The van der Waals surface area contributed by atoms with E-state index < -0.39 is 30.4 Å². The Morgan fingerprint density at radius 2 is 2.05 bits per heavy atom. The minimum Gasteiger partial charge on any atom is -0.481 e. The lowest BCUT2D eigenvalue weighted by Gasteiger charge is -2.20. The molecule has 0 aliphatic rings. The van der Waals surface area contributed by atoms with Gasteiger partial charge in [-0.1, -0.05) is 0 Å². The van der Waals surface area contributed by atoms with Crippen molar-refractivity contribution in [2.45, 2.75) is 32.4 Å². The fourth-order valence-corrected chi connectivity index (χ4v) is 2.06. The standard InChI is InChI=1S/C14H19N3O5/c1-8-4-5-11(15-3)14(22)17(8)9(2)13(21)16-10(7-18)6-12(19)20/h4-5,7,9-10,15H,6H2,1-3H3,(H,16,21)(H,19,20)/t9?,10-/m0/s1. The summed E-state index contributed by atoms with van der Waals surface area (Å²) in [6.45, 7) is 3.19. The zero-order valence-electron chi connectivity index (χ0n) is 12.6. The number of rotatable bonds is 7. The normalized spacial score (nSPS) is 13.0. The fraction of sp³-hybridized carbons (Fsp3) is 0.429. The number of aldehydes is 1. The highest BCUT2D eigenvalue weighted by molar-refractivity contribution is 5.84. The number of pyridine rings is 1. The SMILES string of the molecule is CNc1ccc(C)n(C(C)C(=O)N[C@H](C=O)CC(=O)O)c1=O. The second-order valence-corrected chi connectivity index (χ2v) is 4.84. The second-order valence-electron chi connectivity index (χ2n) is 4.84. The van der Waals surface area contributed by atoms with Crippen LogP contribution in [-0.2, 0) is 14.4 Å². The van der Waals surface area contributed by atoms with E-state index in [0.717, 1.165) is 0 Å². The quantitative estimate of drug-likeness (QED) is 0.606. The fourth-order valence-electron chi connectivity index (χ4n) is 2.06. The molecule has 1 aromatic rings. The van der Waals surface area contributed by atoms with Crippen LogP contribution in [0.25, 0.3) is 0 Å². The monoisotopic (exact) mass is 309 g/mol. The average Bonchev–Trinajstić information content (AvgIpc) is 2.46. The van der Waals surface area contributed by atoms with Gasteiger partial charge in [-0.2, -0.15) is 0 Å². The van der Waals surface area contributed by atoms with E-state index in [0.29, 0.717) is 17.7 Å². The number of aryl methyl sites for hydroxylation is 1. The third-order valence-corrected chi connectivity index (χ3v) is 3.24. The predicted octanol–water partition coefficient (Wildman–Crippen LogP) is -0.0822. The molecule has 0 aromatic carbocycles. The molecule has 22 heavy (non-hydrogen) atoms. The van der Waals surface area contributed by atoms with E-state index in [1.807, 2.05) is 0 Å². The van der Waals surface area contributed by atoms with Crippen molar-refractivity contribution < 1.29 is 19.5 Å². The number of aliphatic carboxylic acids is 1. The molecule has 0 spiro atoms. The zero-order chi connectivity index (χ0) is 16.9. The van der Waals surface area contributed by atoms with Crippen LogP contribution in [0, 0.1) is 6.92 Å². The molecule has 0 bridgehead atoms. The molecule has 3 N–H and O–H groups in total. The van der Waals surface area contributed by atoms with Crippen LogP contribution >= 0.6 is 0 Å². The molecule has 0 saturated heterocycles. The zero-order valence-corrected chi connectivity index (χ0v) is 12.6. The number of amides is 1. The van der Waals surface area contributed by atoms with Crippen molar-refractivity contribution in [3.63, 3.8) is 0 Å². The van der Waals surface area contributed by atoms with Crippen LogP contribution in [0.5, 0.6) is 0 Å². The van der Waals surface area contributed by atoms with Gasteiger partial charge in [0, 0.05) is 12.7 Å². The molecule has 0 aliphatic heterocycles. The van der Waals surface area contributed by atoms with Gasteiger partial charge in [0.15, 0.2) is 0 Å². The molecule has 8 heteroatoms. The highest BCUT2D eigenvalue weighted by Crippen LogP contribution is 2.10. The lowest BCUT2D eigenvalue weighted by atomic mass is 10.2. The number of hydrogen-bond acceptors (Lipinski definition) is 5. The molecule has 8 nitrogen and oxygen atoms in total. The van der Waals surface area contributed by atoms with Gasteiger partial charge in [-0.3, -0.25) is 19.0 Å². The van der Waals surface area contributed by atoms with Crippen molar-refractivity contribution in [1.29, 1.82) is 0 Å². The van der Waals surface area contributed by atoms with Gasteiger partial charge in [0.1, 0.15) is 18.0 Å². The van der Waals surface area contributed by atoms with E-state index in [9.17, 15) is 19.2 Å². The summed E-state index contributed by atoms with van der Waals surface area (Å²) in [5.74, 6) is -1.80. The maximum absolute atomic E-state index is 12.3. The molecule has 1 amide bonds. The summed E-state index contributed by atoms with van der Waals surface area (Å²) in [6, 6.07) is 1.29. The number of nitrogens with one attached hydrogen (secondary N) is 2. The highest BCUT2D eigenvalue weighted by Gasteiger charge is 2.22. The summed E-state index contributed by atoms with van der Waals surface area (Å²) in [5, 5.41) is 13.7. The smallest absolute Gasteiger partial charge is 0.305 e. The van der Waals surface area contributed by atoms with Gasteiger partial charge in [-0.05, 0) is 26.0 Å². The number of carboxylic acid groups (broad SMARTS) is 1. The number of anilines is 1. The Morgan fingerprint density at radius 1 is 1.41 bits per heavy atom. The van der Waals surface area contributed by atoms with E-state index in [4.69, 9.17) is 5.11 Å². The first kappa shape index (κ1) is 17.4. The van der Waals surface area contributed by atoms with Gasteiger partial charge in [0.05, 0.1) is 12.5 Å².